The van der Waals surface area contributed by atoms with Crippen LogP contribution in [0.1, 0.15) is 56.2 Å². The predicted molar refractivity (Wildman–Crippen MR) is 171 cm³/mol. The molecule has 4 rings (SSSR count). The molecule has 1 aliphatic carbocycles. The quantitative estimate of drug-likeness (QED) is 0.219. The van der Waals surface area contributed by atoms with Gasteiger partial charge in [0, 0.05) is 25.5 Å². The Morgan fingerprint density at radius 3 is 2.30 bits per heavy atom. The smallest absolute Gasteiger partial charge is 0.224 e. The van der Waals surface area contributed by atoms with Gasteiger partial charge in [0.1, 0.15) is 5.75 Å². The number of anilines is 2. The number of hydrogen-bond acceptors (Lipinski definition) is 8. The molecule has 10 heteroatoms. The number of para-hydroxylation sites is 2. The van der Waals surface area contributed by atoms with Gasteiger partial charge in [-0.15, -0.1) is 0 Å². The van der Waals surface area contributed by atoms with Crippen LogP contribution in [-0.2, 0) is 16.0 Å². The predicted octanol–water partition coefficient (Wildman–Crippen LogP) is 5.48. The molecule has 3 aromatic rings. The number of unbranched alkanes of at least 4 members (excludes halogenated alkanes) is 2. The van der Waals surface area contributed by atoms with Crippen LogP contribution in [0.15, 0.2) is 53.3 Å². The molecule has 0 aliphatic heterocycles. The number of rotatable bonds is 13. The molecular formula is C34H41N3O7. The molecule has 0 radical (unpaired) electrons. The number of benzene rings is 2. The first-order valence-corrected chi connectivity index (χ1v) is 14.8. The van der Waals surface area contributed by atoms with Crippen molar-refractivity contribution in [2.75, 3.05) is 45.6 Å². The highest BCUT2D eigenvalue weighted by molar-refractivity contribution is 5.92. The molecule has 3 aromatic carbocycles. The van der Waals surface area contributed by atoms with Crippen LogP contribution in [0, 0.1) is 0 Å². The number of carbonyl (C=O) groups excluding carboxylic acids is 2. The van der Waals surface area contributed by atoms with Crippen molar-refractivity contribution in [2.45, 2.75) is 51.5 Å². The molecular weight excluding hydrogens is 562 g/mol. The Morgan fingerprint density at radius 1 is 0.841 bits per heavy atom. The van der Waals surface area contributed by atoms with E-state index in [9.17, 15) is 14.4 Å². The second kappa shape index (κ2) is 15.1. The highest BCUT2D eigenvalue weighted by Crippen LogP contribution is 2.50. The second-order valence-electron chi connectivity index (χ2n) is 10.6. The fourth-order valence-electron chi connectivity index (χ4n) is 5.62. The average Bonchev–Trinajstić information content (AvgIpc) is 3.26. The van der Waals surface area contributed by atoms with Crippen LogP contribution in [0.25, 0.3) is 11.1 Å². The maximum atomic E-state index is 13.4. The van der Waals surface area contributed by atoms with Crippen LogP contribution in [0.3, 0.4) is 0 Å². The van der Waals surface area contributed by atoms with Gasteiger partial charge in [-0.2, -0.15) is 0 Å². The van der Waals surface area contributed by atoms with Crippen molar-refractivity contribution in [3.8, 4) is 34.1 Å². The lowest BCUT2D eigenvalue weighted by atomic mass is 9.95. The fraction of sp³-hybridized carbons (Fsp3) is 0.382. The van der Waals surface area contributed by atoms with Crippen molar-refractivity contribution in [1.82, 2.24) is 5.32 Å². The van der Waals surface area contributed by atoms with Gasteiger partial charge < -0.3 is 34.9 Å². The summed E-state index contributed by atoms with van der Waals surface area (Å²) in [4.78, 5) is 38.0. The van der Waals surface area contributed by atoms with Crippen LogP contribution in [-0.4, -0.2) is 46.8 Å². The lowest BCUT2D eigenvalue weighted by Crippen LogP contribution is -2.26. The number of methoxy groups -OCH3 is 4. The minimum Gasteiger partial charge on any atom is -0.495 e. The zero-order chi connectivity index (χ0) is 31.6. The molecule has 0 fully saturated rings. The summed E-state index contributed by atoms with van der Waals surface area (Å²) >= 11 is 0. The van der Waals surface area contributed by atoms with Gasteiger partial charge >= 0.3 is 0 Å². The van der Waals surface area contributed by atoms with Gasteiger partial charge in [-0.1, -0.05) is 24.6 Å². The molecule has 3 N–H and O–H groups in total. The summed E-state index contributed by atoms with van der Waals surface area (Å²) in [6.07, 6.45) is 3.91. The fourth-order valence-corrected chi connectivity index (χ4v) is 5.62. The molecule has 0 saturated heterocycles. The number of carbonyl (C=O) groups is 2. The van der Waals surface area contributed by atoms with Crippen LogP contribution in [0.5, 0.6) is 23.0 Å². The van der Waals surface area contributed by atoms with Crippen molar-refractivity contribution in [3.63, 3.8) is 0 Å². The molecule has 0 bridgehead atoms. The van der Waals surface area contributed by atoms with Crippen LogP contribution in [0.4, 0.5) is 11.4 Å². The van der Waals surface area contributed by atoms with Gasteiger partial charge in [0.2, 0.25) is 23.0 Å². The number of hydrogen-bond donors (Lipinski definition) is 3. The number of nitrogens with one attached hydrogen (secondary N) is 3. The lowest BCUT2D eigenvalue weighted by Gasteiger charge is -2.19. The van der Waals surface area contributed by atoms with E-state index >= 15 is 0 Å². The lowest BCUT2D eigenvalue weighted by molar-refractivity contribution is -0.119. The van der Waals surface area contributed by atoms with Crippen molar-refractivity contribution >= 4 is 23.2 Å². The van der Waals surface area contributed by atoms with E-state index in [-0.39, 0.29) is 23.3 Å². The monoisotopic (exact) mass is 603 g/mol. The van der Waals surface area contributed by atoms with E-state index in [0.717, 1.165) is 29.5 Å². The van der Waals surface area contributed by atoms with Gasteiger partial charge in [0.25, 0.3) is 0 Å². The number of amides is 2. The number of ether oxygens (including phenoxy) is 4. The molecule has 1 atom stereocenters. The summed E-state index contributed by atoms with van der Waals surface area (Å²) in [5.74, 6) is 1.89. The molecule has 2 amide bonds. The molecule has 0 spiro atoms. The number of fused-ring (bicyclic) bond motifs is 3. The molecule has 1 aliphatic rings. The zero-order valence-electron chi connectivity index (χ0n) is 26.0. The molecule has 0 aromatic heterocycles. The third-order valence-corrected chi connectivity index (χ3v) is 7.69. The molecule has 10 nitrogen and oxygen atoms in total. The van der Waals surface area contributed by atoms with E-state index in [2.05, 4.69) is 16.0 Å². The van der Waals surface area contributed by atoms with E-state index in [1.807, 2.05) is 24.3 Å². The van der Waals surface area contributed by atoms with Crippen molar-refractivity contribution in [2.24, 2.45) is 0 Å². The van der Waals surface area contributed by atoms with Crippen LogP contribution in [0.2, 0.25) is 0 Å². The first-order valence-electron chi connectivity index (χ1n) is 14.8. The summed E-state index contributed by atoms with van der Waals surface area (Å²) in [7, 11) is 6.28. The van der Waals surface area contributed by atoms with Crippen LogP contribution < -0.4 is 40.3 Å². The van der Waals surface area contributed by atoms with E-state index in [0.29, 0.717) is 72.2 Å². The second-order valence-corrected chi connectivity index (χ2v) is 10.6. The third kappa shape index (κ3) is 7.42. The Morgan fingerprint density at radius 2 is 1.59 bits per heavy atom. The highest BCUT2D eigenvalue weighted by Gasteiger charge is 2.29. The summed E-state index contributed by atoms with van der Waals surface area (Å²) in [6, 6.07) is 14.1. The summed E-state index contributed by atoms with van der Waals surface area (Å²) in [6.45, 7) is 2.04. The minimum atomic E-state index is -0.369. The summed E-state index contributed by atoms with van der Waals surface area (Å²) in [5.41, 5.74) is 4.19. The van der Waals surface area contributed by atoms with Crippen molar-refractivity contribution < 1.29 is 28.5 Å². The standard InChI is InChI=1S/C34H41N3O7/c1-21(38)36-25-16-14-22-19-30(42-3)33(43-4)34(44-5)32(22)23-15-17-26(28(39)20-24(23)25)35-18-10-6-7-13-31(40)37-27-11-8-9-12-29(27)41-2/h8-9,11-12,15,17,19-20,25H,6-7,10,13-14,16,18H2,1-5H3,(H,35,39)(H,36,38)(H,37,40)/t25-/m0/s1. The maximum Gasteiger partial charge on any atom is 0.224 e. The Hall–Kier alpha value is -4.73. The Balaban J connectivity index is 1.50. The van der Waals surface area contributed by atoms with Crippen molar-refractivity contribution in [3.05, 3.63) is 69.9 Å². The molecule has 44 heavy (non-hydrogen) atoms. The van der Waals surface area contributed by atoms with E-state index < -0.39 is 0 Å². The normalized spacial score (nSPS) is 13.4. The molecule has 234 valence electrons. The Bertz CT molecular complexity index is 1560. The van der Waals surface area contributed by atoms with E-state index in [1.165, 1.54) is 6.92 Å². The zero-order valence-corrected chi connectivity index (χ0v) is 26.0. The van der Waals surface area contributed by atoms with Gasteiger partial charge in [-0.3, -0.25) is 14.4 Å². The Kier molecular flexibility index (Phi) is 11.1. The summed E-state index contributed by atoms with van der Waals surface area (Å²) in [5, 5.41) is 9.19. The van der Waals surface area contributed by atoms with Crippen LogP contribution >= 0.6 is 0 Å². The Labute approximate surface area is 258 Å². The first kappa shape index (κ1) is 32.2. The molecule has 0 unspecified atom stereocenters. The number of aryl methyl sites for hydroxylation is 1. The topological polar surface area (TPSA) is 124 Å². The third-order valence-electron chi connectivity index (χ3n) is 7.69. The van der Waals surface area contributed by atoms with E-state index in [1.54, 1.807) is 52.7 Å². The first-order chi connectivity index (χ1) is 21.3. The largest absolute Gasteiger partial charge is 0.495 e. The molecule has 0 heterocycles. The van der Waals surface area contributed by atoms with Gasteiger partial charge in [0.15, 0.2) is 11.5 Å². The highest BCUT2D eigenvalue weighted by atomic mass is 16.5. The van der Waals surface area contributed by atoms with Gasteiger partial charge in [-0.05, 0) is 72.7 Å². The maximum absolute atomic E-state index is 13.4. The summed E-state index contributed by atoms with van der Waals surface area (Å²) < 4.78 is 22.4. The minimum absolute atomic E-state index is 0.0698. The van der Waals surface area contributed by atoms with Gasteiger partial charge in [0.05, 0.1) is 45.9 Å². The average molecular weight is 604 g/mol. The SMILES string of the molecule is COc1ccccc1NC(=O)CCCCCNc1ccc2c(cc1=O)[C@@H](NC(C)=O)CCc1cc(OC)c(OC)c(OC)c1-2. The van der Waals surface area contributed by atoms with Crippen molar-refractivity contribution in [1.29, 1.82) is 0 Å². The molecule has 0 saturated carbocycles. The van der Waals surface area contributed by atoms with E-state index in [4.69, 9.17) is 18.9 Å². The van der Waals surface area contributed by atoms with Gasteiger partial charge in [-0.25, -0.2) is 0 Å².